The molecule has 0 saturated carbocycles. The molecule has 26 heavy (non-hydrogen) atoms. The third-order valence-electron chi connectivity index (χ3n) is 5.05. The lowest BCUT2D eigenvalue weighted by Gasteiger charge is -2.36. The first-order chi connectivity index (χ1) is 12.5. The summed E-state index contributed by atoms with van der Waals surface area (Å²) >= 11 is 0. The van der Waals surface area contributed by atoms with Crippen LogP contribution in [0.15, 0.2) is 42.5 Å². The molecular weight excluding hydrogens is 322 g/mol. The lowest BCUT2D eigenvalue weighted by atomic mass is 10.1. The first kappa shape index (κ1) is 18.5. The van der Waals surface area contributed by atoms with Crippen molar-refractivity contribution in [3.8, 4) is 0 Å². The van der Waals surface area contributed by atoms with Crippen LogP contribution >= 0.6 is 0 Å². The van der Waals surface area contributed by atoms with Gasteiger partial charge in [-0.25, -0.2) is 0 Å². The highest BCUT2D eigenvalue weighted by molar-refractivity contribution is 5.91. The van der Waals surface area contributed by atoms with Gasteiger partial charge in [-0.1, -0.05) is 29.8 Å². The summed E-state index contributed by atoms with van der Waals surface area (Å²) in [5, 5.41) is 3.04. The molecule has 2 aromatic rings. The van der Waals surface area contributed by atoms with E-state index in [2.05, 4.69) is 59.3 Å². The minimum absolute atomic E-state index is 0.0954. The lowest BCUT2D eigenvalue weighted by Crippen LogP contribution is -2.47. The average molecular weight is 351 g/mol. The van der Waals surface area contributed by atoms with Crippen LogP contribution in [0.2, 0.25) is 0 Å². The maximum atomic E-state index is 12.3. The van der Waals surface area contributed by atoms with E-state index in [9.17, 15) is 4.79 Å². The molecule has 0 radical (unpaired) electrons. The van der Waals surface area contributed by atoms with Gasteiger partial charge < -0.3 is 10.2 Å². The molecule has 1 amide bonds. The monoisotopic (exact) mass is 351 g/mol. The van der Waals surface area contributed by atoms with Crippen LogP contribution in [0.25, 0.3) is 0 Å². The summed E-state index contributed by atoms with van der Waals surface area (Å²) in [6, 6.07) is 14.8. The predicted molar refractivity (Wildman–Crippen MR) is 109 cm³/mol. The zero-order valence-electron chi connectivity index (χ0n) is 16.1. The van der Waals surface area contributed by atoms with Crippen molar-refractivity contribution >= 4 is 17.3 Å². The van der Waals surface area contributed by atoms with E-state index in [1.165, 1.54) is 16.8 Å². The number of carbonyl (C=O) groups excluding carboxylic acids is 1. The minimum Gasteiger partial charge on any atom is -0.369 e. The molecule has 0 atom stereocenters. The van der Waals surface area contributed by atoms with Gasteiger partial charge in [-0.15, -0.1) is 0 Å². The molecule has 1 aliphatic heterocycles. The molecule has 3 rings (SSSR count). The normalized spacial score (nSPS) is 15.1. The van der Waals surface area contributed by atoms with Gasteiger partial charge in [0.25, 0.3) is 0 Å². The van der Waals surface area contributed by atoms with Crippen molar-refractivity contribution < 1.29 is 4.79 Å². The van der Waals surface area contributed by atoms with Gasteiger partial charge in [0.1, 0.15) is 0 Å². The van der Waals surface area contributed by atoms with Crippen LogP contribution < -0.4 is 10.2 Å². The molecule has 0 spiro atoms. The van der Waals surface area contributed by atoms with Crippen LogP contribution in [-0.4, -0.2) is 43.5 Å². The van der Waals surface area contributed by atoms with Gasteiger partial charge in [-0.05, 0) is 50.1 Å². The van der Waals surface area contributed by atoms with Crippen molar-refractivity contribution in [2.45, 2.75) is 27.2 Å². The molecule has 1 fully saturated rings. The molecule has 1 aliphatic rings. The Morgan fingerprint density at radius 2 is 1.69 bits per heavy atom. The molecule has 0 aromatic heterocycles. The summed E-state index contributed by atoms with van der Waals surface area (Å²) in [5.41, 5.74) is 5.85. The van der Waals surface area contributed by atoms with Crippen molar-refractivity contribution in [3.05, 3.63) is 59.2 Å². The number of rotatable bonds is 5. The first-order valence-corrected chi connectivity index (χ1v) is 9.42. The Labute approximate surface area is 156 Å². The molecule has 2 aromatic carbocycles. The van der Waals surface area contributed by atoms with E-state index >= 15 is 0 Å². The fraction of sp³-hybridized carbons (Fsp3) is 0.409. The summed E-state index contributed by atoms with van der Waals surface area (Å²) in [5.74, 6) is 0.0954. The summed E-state index contributed by atoms with van der Waals surface area (Å²) < 4.78 is 0. The Balaban J connectivity index is 1.44. The van der Waals surface area contributed by atoms with E-state index < -0.39 is 0 Å². The van der Waals surface area contributed by atoms with Crippen molar-refractivity contribution in [1.29, 1.82) is 0 Å². The number of carbonyl (C=O) groups is 1. The van der Waals surface area contributed by atoms with E-state index in [1.54, 1.807) is 0 Å². The summed E-state index contributed by atoms with van der Waals surface area (Å²) in [6.45, 7) is 11.1. The largest absolute Gasteiger partial charge is 0.369 e. The third kappa shape index (κ3) is 4.85. The molecule has 0 bridgehead atoms. The second-order valence-corrected chi connectivity index (χ2v) is 7.28. The smallest absolute Gasteiger partial charge is 0.225 e. The van der Waals surface area contributed by atoms with Gasteiger partial charge in [-0.2, -0.15) is 0 Å². The summed E-state index contributed by atoms with van der Waals surface area (Å²) in [7, 11) is 0. The number of benzene rings is 2. The van der Waals surface area contributed by atoms with Gasteiger partial charge in [0.05, 0.1) is 0 Å². The lowest BCUT2D eigenvalue weighted by molar-refractivity contribution is -0.116. The van der Waals surface area contributed by atoms with E-state index in [0.717, 1.165) is 44.0 Å². The molecule has 4 heteroatoms. The van der Waals surface area contributed by atoms with Crippen LogP contribution in [0, 0.1) is 20.8 Å². The average Bonchev–Trinajstić information content (AvgIpc) is 2.63. The van der Waals surface area contributed by atoms with Crippen molar-refractivity contribution in [2.75, 3.05) is 42.9 Å². The number of hydrogen-bond acceptors (Lipinski definition) is 3. The van der Waals surface area contributed by atoms with Gasteiger partial charge in [0, 0.05) is 50.5 Å². The fourth-order valence-electron chi connectivity index (χ4n) is 3.48. The highest BCUT2D eigenvalue weighted by Crippen LogP contribution is 2.18. The highest BCUT2D eigenvalue weighted by atomic mass is 16.1. The van der Waals surface area contributed by atoms with E-state index in [4.69, 9.17) is 0 Å². The number of nitrogens with zero attached hydrogens (tertiary/aromatic N) is 2. The van der Waals surface area contributed by atoms with Crippen LogP contribution in [0.5, 0.6) is 0 Å². The molecule has 1 N–H and O–H groups in total. The number of anilines is 2. The minimum atomic E-state index is 0.0954. The van der Waals surface area contributed by atoms with E-state index in [0.29, 0.717) is 6.42 Å². The Morgan fingerprint density at radius 3 is 2.38 bits per heavy atom. The first-order valence-electron chi connectivity index (χ1n) is 9.42. The quantitative estimate of drug-likeness (QED) is 0.891. The molecular formula is C22H29N3O. The molecule has 0 unspecified atom stereocenters. The molecule has 1 heterocycles. The number of piperazine rings is 1. The van der Waals surface area contributed by atoms with E-state index in [-0.39, 0.29) is 5.91 Å². The zero-order chi connectivity index (χ0) is 18.5. The van der Waals surface area contributed by atoms with Crippen molar-refractivity contribution in [2.24, 2.45) is 0 Å². The molecule has 4 nitrogen and oxygen atoms in total. The molecule has 138 valence electrons. The van der Waals surface area contributed by atoms with Crippen molar-refractivity contribution in [1.82, 2.24) is 4.90 Å². The van der Waals surface area contributed by atoms with Crippen LogP contribution in [0.3, 0.4) is 0 Å². The third-order valence-corrected chi connectivity index (χ3v) is 5.05. The van der Waals surface area contributed by atoms with Gasteiger partial charge in [0.15, 0.2) is 0 Å². The summed E-state index contributed by atoms with van der Waals surface area (Å²) in [6.07, 6.45) is 0.539. The van der Waals surface area contributed by atoms with Crippen LogP contribution in [0.1, 0.15) is 23.1 Å². The SMILES string of the molecule is Cc1cccc(N2CCN(CCC(=O)Nc3ccc(C)cc3C)CC2)c1. The number of hydrogen-bond donors (Lipinski definition) is 1. The molecule has 1 saturated heterocycles. The Morgan fingerprint density at radius 1 is 0.962 bits per heavy atom. The topological polar surface area (TPSA) is 35.6 Å². The fourth-order valence-corrected chi connectivity index (χ4v) is 3.48. The zero-order valence-corrected chi connectivity index (χ0v) is 16.1. The van der Waals surface area contributed by atoms with E-state index in [1.807, 2.05) is 19.1 Å². The maximum absolute atomic E-state index is 12.3. The predicted octanol–water partition coefficient (Wildman–Crippen LogP) is 3.76. The maximum Gasteiger partial charge on any atom is 0.225 e. The Hall–Kier alpha value is -2.33. The number of aryl methyl sites for hydroxylation is 3. The number of amides is 1. The summed E-state index contributed by atoms with van der Waals surface area (Å²) in [4.78, 5) is 17.1. The second-order valence-electron chi connectivity index (χ2n) is 7.28. The Kier molecular flexibility index (Phi) is 5.94. The Bertz CT molecular complexity index is 764. The van der Waals surface area contributed by atoms with Gasteiger partial charge in [0.2, 0.25) is 5.91 Å². The number of nitrogens with one attached hydrogen (secondary N) is 1. The van der Waals surface area contributed by atoms with Crippen LogP contribution in [0.4, 0.5) is 11.4 Å². The van der Waals surface area contributed by atoms with Crippen LogP contribution in [-0.2, 0) is 4.79 Å². The van der Waals surface area contributed by atoms with Gasteiger partial charge in [-0.3, -0.25) is 9.69 Å². The second kappa shape index (κ2) is 8.37. The van der Waals surface area contributed by atoms with Crippen molar-refractivity contribution in [3.63, 3.8) is 0 Å². The standard InChI is InChI=1S/C22H29N3O/c1-17-5-4-6-20(16-17)25-13-11-24(12-14-25)10-9-22(26)23-21-8-7-18(2)15-19(21)3/h4-8,15-16H,9-14H2,1-3H3,(H,23,26). The molecule has 0 aliphatic carbocycles. The van der Waals surface area contributed by atoms with Gasteiger partial charge >= 0.3 is 0 Å². The highest BCUT2D eigenvalue weighted by Gasteiger charge is 2.18.